The molecule has 0 atom stereocenters. The molecule has 0 radical (unpaired) electrons. The van der Waals surface area contributed by atoms with E-state index < -0.39 is 29.1 Å². The molecule has 0 aliphatic carbocycles. The Morgan fingerprint density at radius 1 is 1.50 bits per heavy atom. The highest BCUT2D eigenvalue weighted by Gasteiger charge is 2.16. The summed E-state index contributed by atoms with van der Waals surface area (Å²) in [6.07, 6.45) is -2.82. The molecule has 96 valence electrons. The Morgan fingerprint density at radius 3 is 2.44 bits per heavy atom. The van der Waals surface area contributed by atoms with Crippen molar-refractivity contribution in [2.45, 2.75) is 19.8 Å². The maximum atomic E-state index is 11.7. The maximum absolute atomic E-state index is 11.7. The van der Waals surface area contributed by atoms with Gasteiger partial charge in [0, 0.05) is 19.5 Å². The number of carbonyl (C=O) groups excluding carboxylic acids is 1. The molecule has 6 nitrogen and oxygen atoms in total. The Hall–Kier alpha value is -0.800. The molecule has 0 aromatic heterocycles. The third-order valence-electron chi connectivity index (χ3n) is 1.75. The number of alkyl halides is 2. The second kappa shape index (κ2) is 6.71. The lowest BCUT2D eigenvalue weighted by atomic mass is 10.4. The van der Waals surface area contributed by atoms with E-state index in [2.05, 4.69) is 0 Å². The lowest BCUT2D eigenvalue weighted by Crippen LogP contribution is -2.39. The Morgan fingerprint density at radius 2 is 2.06 bits per heavy atom. The molecule has 0 aromatic rings. The van der Waals surface area contributed by atoms with Crippen LogP contribution in [0.25, 0.3) is 0 Å². The molecule has 1 amide bonds. The van der Waals surface area contributed by atoms with Gasteiger partial charge in [-0.1, -0.05) is 6.92 Å². The van der Waals surface area contributed by atoms with Crippen LogP contribution in [0.4, 0.5) is 8.78 Å². The molecule has 0 spiro atoms. The Bertz CT molecular complexity index is 321. The Balaban J connectivity index is 3.99. The normalized spacial score (nSPS) is 12.1. The molecular formula is C7H15F2N3O3S. The van der Waals surface area contributed by atoms with Crippen LogP contribution in [0.3, 0.4) is 0 Å². The number of carbonyl (C=O) groups is 1. The van der Waals surface area contributed by atoms with Crippen LogP contribution in [0.1, 0.15) is 13.3 Å². The number of hydrogen-bond acceptors (Lipinski definition) is 3. The van der Waals surface area contributed by atoms with Crippen LogP contribution in [-0.4, -0.2) is 44.7 Å². The first-order chi connectivity index (χ1) is 7.27. The minimum atomic E-state index is -3.84. The van der Waals surface area contributed by atoms with E-state index in [9.17, 15) is 22.0 Å². The molecule has 0 rings (SSSR count). The van der Waals surface area contributed by atoms with Gasteiger partial charge in [0.1, 0.15) is 0 Å². The lowest BCUT2D eigenvalue weighted by Gasteiger charge is -2.16. The van der Waals surface area contributed by atoms with Gasteiger partial charge in [-0.3, -0.25) is 4.79 Å². The van der Waals surface area contributed by atoms with E-state index in [0.29, 0.717) is 0 Å². The van der Waals surface area contributed by atoms with Crippen LogP contribution >= 0.6 is 0 Å². The first kappa shape index (κ1) is 15.2. The molecule has 0 fully saturated rings. The van der Waals surface area contributed by atoms with Gasteiger partial charge in [-0.2, -0.15) is 12.7 Å². The first-order valence-electron chi connectivity index (χ1n) is 4.60. The Kier molecular flexibility index (Phi) is 6.38. The summed E-state index contributed by atoms with van der Waals surface area (Å²) in [5.74, 6) is -0.637. The van der Waals surface area contributed by atoms with E-state index >= 15 is 0 Å². The summed E-state index contributed by atoms with van der Waals surface area (Å²) in [5, 5.41) is 6.81. The molecule has 0 unspecified atom stereocenters. The van der Waals surface area contributed by atoms with E-state index in [4.69, 9.17) is 5.14 Å². The van der Waals surface area contributed by atoms with Gasteiger partial charge in [-0.05, 0) is 0 Å². The highest BCUT2D eigenvalue weighted by molar-refractivity contribution is 7.86. The van der Waals surface area contributed by atoms with Gasteiger partial charge in [0.25, 0.3) is 16.6 Å². The predicted octanol–water partition coefficient (Wildman–Crippen LogP) is -0.717. The molecule has 16 heavy (non-hydrogen) atoms. The number of nitrogens with two attached hydrogens (primary N) is 1. The third kappa shape index (κ3) is 6.64. The van der Waals surface area contributed by atoms with Crippen molar-refractivity contribution in [2.75, 3.05) is 19.6 Å². The molecule has 0 aromatic carbocycles. The minimum absolute atomic E-state index is 0.121. The molecular weight excluding hydrogens is 244 g/mol. The summed E-state index contributed by atoms with van der Waals surface area (Å²) < 4.78 is 46.1. The van der Waals surface area contributed by atoms with Crippen molar-refractivity contribution in [3.05, 3.63) is 0 Å². The van der Waals surface area contributed by atoms with Crippen molar-refractivity contribution in [3.8, 4) is 0 Å². The van der Waals surface area contributed by atoms with Gasteiger partial charge < -0.3 is 5.32 Å². The van der Waals surface area contributed by atoms with E-state index in [-0.39, 0.29) is 19.5 Å². The molecule has 0 aliphatic rings. The largest absolute Gasteiger partial charge is 0.350 e. The summed E-state index contributed by atoms with van der Waals surface area (Å²) in [6, 6.07) is 0. The fraction of sp³-hybridized carbons (Fsp3) is 0.857. The van der Waals surface area contributed by atoms with Gasteiger partial charge in [0.15, 0.2) is 0 Å². The molecule has 0 saturated heterocycles. The fourth-order valence-corrected chi connectivity index (χ4v) is 1.68. The Labute approximate surface area is 93.0 Å². The lowest BCUT2D eigenvalue weighted by molar-refractivity contribution is -0.121. The van der Waals surface area contributed by atoms with Crippen LogP contribution in [0.15, 0.2) is 0 Å². The number of rotatable bonds is 7. The molecule has 0 bridgehead atoms. The molecule has 0 heterocycles. The van der Waals surface area contributed by atoms with E-state index in [1.165, 1.54) is 0 Å². The monoisotopic (exact) mass is 259 g/mol. The van der Waals surface area contributed by atoms with Crippen molar-refractivity contribution in [2.24, 2.45) is 5.14 Å². The number of hydrogen-bond donors (Lipinski definition) is 2. The van der Waals surface area contributed by atoms with Gasteiger partial charge in [-0.15, -0.1) is 0 Å². The summed E-state index contributed by atoms with van der Waals surface area (Å²) in [5.41, 5.74) is 0. The first-order valence-corrected chi connectivity index (χ1v) is 6.10. The fourth-order valence-electron chi connectivity index (χ4n) is 0.971. The summed E-state index contributed by atoms with van der Waals surface area (Å²) >= 11 is 0. The van der Waals surface area contributed by atoms with Crippen molar-refractivity contribution in [1.82, 2.24) is 9.62 Å². The van der Waals surface area contributed by atoms with Crippen molar-refractivity contribution >= 4 is 16.1 Å². The second-order valence-corrected chi connectivity index (χ2v) is 4.53. The second-order valence-electron chi connectivity index (χ2n) is 2.98. The maximum Gasteiger partial charge on any atom is 0.276 e. The van der Waals surface area contributed by atoms with Crippen molar-refractivity contribution < 1.29 is 22.0 Å². The smallest absolute Gasteiger partial charge is 0.276 e. The molecule has 9 heteroatoms. The van der Waals surface area contributed by atoms with Crippen molar-refractivity contribution in [3.63, 3.8) is 0 Å². The number of nitrogens with zero attached hydrogens (tertiary/aromatic N) is 1. The van der Waals surface area contributed by atoms with Gasteiger partial charge in [0.2, 0.25) is 5.91 Å². The summed E-state index contributed by atoms with van der Waals surface area (Å²) in [4.78, 5) is 11.0. The van der Waals surface area contributed by atoms with Gasteiger partial charge in [0.05, 0.1) is 6.54 Å². The molecule has 3 N–H and O–H groups in total. The van der Waals surface area contributed by atoms with Crippen LogP contribution in [0.2, 0.25) is 0 Å². The quantitative estimate of drug-likeness (QED) is 0.632. The highest BCUT2D eigenvalue weighted by atomic mass is 32.2. The standard InChI is InChI=1S/C7H15F2N3O3S/c1-2-12(16(10,14)15)4-3-7(13)11-5-6(8)9/h6H,2-5H2,1H3,(H,11,13)(H2,10,14,15). The van der Waals surface area contributed by atoms with E-state index in [0.717, 1.165) is 4.31 Å². The van der Waals surface area contributed by atoms with Crippen LogP contribution in [0, 0.1) is 0 Å². The van der Waals surface area contributed by atoms with E-state index in [1.54, 1.807) is 6.92 Å². The van der Waals surface area contributed by atoms with Crippen LogP contribution < -0.4 is 10.5 Å². The van der Waals surface area contributed by atoms with Gasteiger partial charge in [-0.25, -0.2) is 13.9 Å². The zero-order chi connectivity index (χ0) is 12.8. The number of nitrogens with one attached hydrogen (secondary N) is 1. The molecule has 0 aliphatic heterocycles. The van der Waals surface area contributed by atoms with Crippen molar-refractivity contribution in [1.29, 1.82) is 0 Å². The number of halogens is 2. The van der Waals surface area contributed by atoms with Crippen LogP contribution in [-0.2, 0) is 15.0 Å². The van der Waals surface area contributed by atoms with Crippen LogP contribution in [0.5, 0.6) is 0 Å². The van der Waals surface area contributed by atoms with E-state index in [1.807, 2.05) is 5.32 Å². The average molecular weight is 259 g/mol. The van der Waals surface area contributed by atoms with Gasteiger partial charge >= 0.3 is 0 Å². The third-order valence-corrected chi connectivity index (χ3v) is 2.91. The number of amides is 1. The average Bonchev–Trinajstić information content (AvgIpc) is 2.13. The minimum Gasteiger partial charge on any atom is -0.350 e. The zero-order valence-electron chi connectivity index (χ0n) is 8.82. The summed E-state index contributed by atoms with van der Waals surface area (Å²) in [6.45, 7) is 0.827. The SMILES string of the molecule is CCN(CCC(=O)NCC(F)F)S(N)(=O)=O. The molecule has 0 saturated carbocycles. The summed E-state index contributed by atoms with van der Waals surface area (Å²) in [7, 11) is -3.84. The predicted molar refractivity (Wildman–Crippen MR) is 54.0 cm³/mol. The highest BCUT2D eigenvalue weighted by Crippen LogP contribution is 1.96. The topological polar surface area (TPSA) is 92.5 Å². The zero-order valence-corrected chi connectivity index (χ0v) is 9.64.